The van der Waals surface area contributed by atoms with E-state index >= 15 is 0 Å². The Morgan fingerprint density at radius 1 is 0.662 bits per heavy atom. The number of anilines is 2. The minimum Gasteiger partial charge on any atom is -0.512 e. The maximum atomic E-state index is 11.7. The fourth-order valence-electron chi connectivity index (χ4n) is 9.30. The third-order valence-electron chi connectivity index (χ3n) is 13.0. The van der Waals surface area contributed by atoms with Crippen LogP contribution in [0.15, 0.2) is 158 Å². The van der Waals surface area contributed by atoms with Crippen LogP contribution in [0.1, 0.15) is 79.7 Å². The fourth-order valence-corrected chi connectivity index (χ4v) is 9.30. The van der Waals surface area contributed by atoms with Crippen LogP contribution < -0.4 is 15.1 Å². The SMILES string of the molecule is CCC(CC)C(=O)/C=C(\O)C(CC)CC.CN1B(c2c(-c3ccccc3)cccc2-c2ccccc2)N(C)c2cc(-c3ccnc(-c4[c-]c5ccccc5c(C(C)(C)C)c4)c3)ccc21.[Ir]. The Morgan fingerprint density at radius 2 is 1.22 bits per heavy atom. The number of benzene rings is 6. The van der Waals surface area contributed by atoms with Crippen molar-refractivity contribution in [2.24, 2.45) is 11.8 Å². The van der Waals surface area contributed by atoms with Crippen molar-refractivity contribution in [1.29, 1.82) is 0 Å². The van der Waals surface area contributed by atoms with Crippen molar-refractivity contribution in [2.45, 2.75) is 79.6 Å². The maximum Gasteiger partial charge on any atom is 0.412 e. The molecule has 5 nitrogen and oxygen atoms in total. The van der Waals surface area contributed by atoms with Gasteiger partial charge in [0.1, 0.15) is 0 Å². The average molecular weight is 1040 g/mol. The minimum absolute atomic E-state index is 0. The van der Waals surface area contributed by atoms with Gasteiger partial charge in [-0.2, -0.15) is 0 Å². The van der Waals surface area contributed by atoms with Crippen LogP contribution in [0.4, 0.5) is 11.4 Å². The first-order valence-electron chi connectivity index (χ1n) is 23.1. The Morgan fingerprint density at radius 3 is 1.80 bits per heavy atom. The molecule has 1 N–H and O–H groups in total. The molecule has 335 valence electrons. The fraction of sp³-hybridized carbons (Fsp3) is 0.276. The quantitative estimate of drug-likeness (QED) is 0.0572. The number of aliphatic hydroxyl groups is 1. The zero-order valence-electron chi connectivity index (χ0n) is 39.5. The molecule has 7 aromatic rings. The zero-order chi connectivity index (χ0) is 45.5. The number of rotatable bonds is 12. The molecule has 0 fully saturated rings. The summed E-state index contributed by atoms with van der Waals surface area (Å²) in [4.78, 5) is 21.4. The van der Waals surface area contributed by atoms with Gasteiger partial charge in [0.2, 0.25) is 0 Å². The molecule has 1 aliphatic heterocycles. The summed E-state index contributed by atoms with van der Waals surface area (Å²) in [5, 5.41) is 12.1. The van der Waals surface area contributed by atoms with Crippen molar-refractivity contribution < 1.29 is 30.0 Å². The van der Waals surface area contributed by atoms with Gasteiger partial charge in [0, 0.05) is 61.3 Å². The molecule has 0 spiro atoms. The largest absolute Gasteiger partial charge is 0.512 e. The van der Waals surface area contributed by atoms with Crippen LogP contribution in [-0.2, 0) is 30.3 Å². The number of carbonyl (C=O) groups is 1. The van der Waals surface area contributed by atoms with E-state index in [4.69, 9.17) is 4.98 Å². The molecule has 1 radical (unpaired) electrons. The second-order valence-electron chi connectivity index (χ2n) is 18.1. The Bertz CT molecular complexity index is 2680. The molecule has 0 saturated carbocycles. The van der Waals surface area contributed by atoms with Gasteiger partial charge < -0.3 is 14.7 Å². The smallest absolute Gasteiger partial charge is 0.412 e. The van der Waals surface area contributed by atoms with Gasteiger partial charge in [-0.25, -0.2) is 0 Å². The van der Waals surface area contributed by atoms with Crippen molar-refractivity contribution in [2.75, 3.05) is 23.7 Å². The van der Waals surface area contributed by atoms with Gasteiger partial charge in [-0.1, -0.05) is 169 Å². The van der Waals surface area contributed by atoms with Crippen molar-refractivity contribution in [3.05, 3.63) is 169 Å². The van der Waals surface area contributed by atoms with Gasteiger partial charge in [0.15, 0.2) is 5.78 Å². The van der Waals surface area contributed by atoms with E-state index in [0.717, 1.165) is 47.9 Å². The van der Waals surface area contributed by atoms with Crippen molar-refractivity contribution in [1.82, 2.24) is 4.98 Å². The van der Waals surface area contributed by atoms with Gasteiger partial charge in [-0.3, -0.25) is 9.78 Å². The number of hydrogen-bond donors (Lipinski definition) is 1. The van der Waals surface area contributed by atoms with Gasteiger partial charge >= 0.3 is 6.98 Å². The summed E-state index contributed by atoms with van der Waals surface area (Å²) in [5.41, 5.74) is 14.2. The van der Waals surface area contributed by atoms with Gasteiger partial charge in [0.25, 0.3) is 0 Å². The van der Waals surface area contributed by atoms with Gasteiger partial charge in [-0.15, -0.1) is 29.1 Å². The molecule has 8 rings (SSSR count). The Labute approximate surface area is 402 Å². The summed E-state index contributed by atoms with van der Waals surface area (Å²) >= 11 is 0. The molecule has 1 aromatic heterocycles. The number of hydrogen-bond acceptors (Lipinski definition) is 5. The number of ketones is 1. The molecule has 0 atom stereocenters. The first-order chi connectivity index (χ1) is 30.9. The monoisotopic (exact) mass is 1040 g/mol. The minimum atomic E-state index is -0.00624. The molecule has 2 heterocycles. The van der Waals surface area contributed by atoms with Gasteiger partial charge in [0.05, 0.1) is 5.76 Å². The normalized spacial score (nSPS) is 12.6. The summed E-state index contributed by atoms with van der Waals surface area (Å²) in [6.07, 6.45) is 6.84. The molecular formula is C58H63BIrN3O2-. The van der Waals surface area contributed by atoms with E-state index in [2.05, 4.69) is 190 Å². The molecular weight excluding hydrogens is 974 g/mol. The Kier molecular flexibility index (Phi) is 16.1. The number of allylic oxidation sites excluding steroid dienone is 2. The molecule has 0 bridgehead atoms. The topological polar surface area (TPSA) is 56.7 Å². The predicted octanol–water partition coefficient (Wildman–Crippen LogP) is 14.1. The van der Waals surface area contributed by atoms with Crippen LogP contribution in [0.2, 0.25) is 0 Å². The van der Waals surface area contributed by atoms with E-state index in [0.29, 0.717) is 0 Å². The maximum absolute atomic E-state index is 11.7. The molecule has 0 amide bonds. The second kappa shape index (κ2) is 21.5. The van der Waals surface area contributed by atoms with E-state index in [1.807, 2.05) is 33.9 Å². The standard InChI is InChI=1S/C45H39BN3.C13H24O2.Ir/c1-45(2,3)40-28-36(27-35-19-12-13-20-37(35)40)41-29-34(25-26-47-41)33-23-24-42-43(30-33)49(5)46(48(42)4)44-38(31-15-8-6-9-16-31)21-14-22-39(44)32-17-10-7-11-18-32;1-5-10(6-2)12(14)9-13(15)11(7-3)8-4;/h6-26,28-30H,1-5H3;9-11,14H,5-8H2,1-4H3;/q-1;;/b;12-9-;. The van der Waals surface area contributed by atoms with E-state index in [1.165, 1.54) is 61.7 Å². The van der Waals surface area contributed by atoms with Crippen molar-refractivity contribution in [3.8, 4) is 44.6 Å². The molecule has 65 heavy (non-hydrogen) atoms. The number of pyridine rings is 1. The zero-order valence-corrected chi connectivity index (χ0v) is 41.9. The second-order valence-corrected chi connectivity index (χ2v) is 18.1. The first kappa shape index (κ1) is 48.7. The van der Waals surface area contributed by atoms with Crippen LogP contribution in [0.25, 0.3) is 55.4 Å². The third kappa shape index (κ3) is 10.5. The van der Waals surface area contributed by atoms with E-state index in [1.54, 1.807) is 0 Å². The number of fused-ring (bicyclic) bond motifs is 2. The van der Waals surface area contributed by atoms with E-state index in [9.17, 15) is 9.90 Å². The van der Waals surface area contributed by atoms with Crippen molar-refractivity contribution in [3.63, 3.8) is 0 Å². The van der Waals surface area contributed by atoms with Crippen LogP contribution >= 0.6 is 0 Å². The summed E-state index contributed by atoms with van der Waals surface area (Å²) in [5.74, 6) is 0.547. The summed E-state index contributed by atoms with van der Waals surface area (Å²) < 4.78 is 0. The van der Waals surface area contributed by atoms with Crippen LogP contribution in [-0.4, -0.2) is 37.0 Å². The van der Waals surface area contributed by atoms with Crippen LogP contribution in [0, 0.1) is 17.9 Å². The molecule has 0 saturated heterocycles. The van der Waals surface area contributed by atoms with Crippen LogP contribution in [0.5, 0.6) is 0 Å². The van der Waals surface area contributed by atoms with Crippen LogP contribution in [0.3, 0.4) is 0 Å². The summed E-state index contributed by atoms with van der Waals surface area (Å²) in [7, 11) is 4.44. The predicted molar refractivity (Wildman–Crippen MR) is 274 cm³/mol. The average Bonchev–Trinajstić information content (AvgIpc) is 3.57. The first-order valence-corrected chi connectivity index (χ1v) is 23.1. The Hall–Kier alpha value is -5.75. The number of aliphatic hydroxyl groups excluding tert-OH is 1. The van der Waals surface area contributed by atoms with E-state index < -0.39 is 0 Å². The third-order valence-corrected chi connectivity index (χ3v) is 13.0. The molecule has 0 unspecified atom stereocenters. The molecule has 6 aromatic carbocycles. The molecule has 0 aliphatic carbocycles. The van der Waals surface area contributed by atoms with Gasteiger partial charge in [-0.05, 0) is 102 Å². The summed E-state index contributed by atoms with van der Waals surface area (Å²) in [6, 6.07) is 53.9. The van der Waals surface area contributed by atoms with E-state index in [-0.39, 0.29) is 55.9 Å². The summed E-state index contributed by atoms with van der Waals surface area (Å²) in [6.45, 7) is 14.9. The van der Waals surface area contributed by atoms with Crippen molar-refractivity contribution >= 4 is 40.4 Å². The molecule has 7 heteroatoms. The molecule has 1 aliphatic rings. The number of nitrogens with zero attached hydrogens (tertiary/aromatic N) is 3. The number of carbonyl (C=O) groups excluding carboxylic acids is 1. The number of aromatic nitrogens is 1. The Balaban J connectivity index is 0.000000378.